The summed E-state index contributed by atoms with van der Waals surface area (Å²) in [5.41, 5.74) is 1.75. The van der Waals surface area contributed by atoms with Gasteiger partial charge in [0.15, 0.2) is 0 Å². The first-order valence-electron chi connectivity index (χ1n) is 6.92. The molecule has 0 saturated carbocycles. The molecule has 0 aliphatic heterocycles. The van der Waals surface area contributed by atoms with E-state index in [-0.39, 0.29) is 12.0 Å². The summed E-state index contributed by atoms with van der Waals surface area (Å²) in [4.78, 5) is 13.2. The predicted molar refractivity (Wildman–Crippen MR) is 86.6 cm³/mol. The average molecular weight is 301 g/mol. The lowest BCUT2D eigenvalue weighted by molar-refractivity contribution is -0.114. The zero-order valence-electron chi connectivity index (χ0n) is 12.2. The molecule has 0 fully saturated rings. The number of nitrogens with one attached hydrogen (secondary N) is 1. The minimum Gasteiger partial charge on any atom is -0.388 e. The Morgan fingerprint density at radius 1 is 1.10 bits per heavy atom. The molecular formula is C17H19NO2S. The summed E-state index contributed by atoms with van der Waals surface area (Å²) in [6.45, 7) is 3.46. The van der Waals surface area contributed by atoms with Gasteiger partial charge in [0.05, 0.1) is 6.10 Å². The van der Waals surface area contributed by atoms with Gasteiger partial charge in [-0.3, -0.25) is 4.79 Å². The fraction of sp³-hybridized carbons (Fsp3) is 0.235. The van der Waals surface area contributed by atoms with Crippen molar-refractivity contribution in [3.8, 4) is 0 Å². The summed E-state index contributed by atoms with van der Waals surface area (Å²) >= 11 is 1.65. The van der Waals surface area contributed by atoms with E-state index in [1.165, 1.54) is 6.92 Å². The van der Waals surface area contributed by atoms with E-state index in [2.05, 4.69) is 5.32 Å². The Balaban J connectivity index is 2.02. The van der Waals surface area contributed by atoms with Crippen LogP contribution >= 0.6 is 11.8 Å². The number of amides is 1. The molecule has 0 aliphatic rings. The zero-order chi connectivity index (χ0) is 15.2. The number of carbonyl (C=O) groups is 1. The van der Waals surface area contributed by atoms with Gasteiger partial charge < -0.3 is 10.4 Å². The van der Waals surface area contributed by atoms with E-state index in [4.69, 9.17) is 0 Å². The van der Waals surface area contributed by atoms with E-state index >= 15 is 0 Å². The maximum Gasteiger partial charge on any atom is 0.221 e. The highest BCUT2D eigenvalue weighted by molar-refractivity contribution is 7.99. The minimum absolute atomic E-state index is 0.0690. The van der Waals surface area contributed by atoms with Crippen LogP contribution in [0.5, 0.6) is 0 Å². The fourth-order valence-electron chi connectivity index (χ4n) is 1.94. The number of rotatable bonds is 5. The monoisotopic (exact) mass is 301 g/mol. The summed E-state index contributed by atoms with van der Waals surface area (Å²) in [5, 5.41) is 12.5. The molecule has 110 valence electrons. The van der Waals surface area contributed by atoms with Crippen molar-refractivity contribution < 1.29 is 9.90 Å². The summed E-state index contributed by atoms with van der Waals surface area (Å²) in [7, 11) is 0. The molecule has 0 radical (unpaired) electrons. The second kappa shape index (κ2) is 7.29. The van der Waals surface area contributed by atoms with Crippen molar-refractivity contribution in [2.24, 2.45) is 0 Å². The minimum atomic E-state index is -0.388. The number of anilines is 1. The molecule has 2 aromatic rings. The molecule has 4 heteroatoms. The van der Waals surface area contributed by atoms with Crippen LogP contribution in [0.15, 0.2) is 58.3 Å². The fourth-order valence-corrected chi connectivity index (χ4v) is 2.76. The van der Waals surface area contributed by atoms with Crippen LogP contribution in [0.2, 0.25) is 0 Å². The summed E-state index contributed by atoms with van der Waals surface area (Å²) in [6, 6.07) is 15.7. The van der Waals surface area contributed by atoms with Gasteiger partial charge in [-0.25, -0.2) is 0 Å². The van der Waals surface area contributed by atoms with Gasteiger partial charge in [0, 0.05) is 22.4 Å². The Morgan fingerprint density at radius 3 is 2.10 bits per heavy atom. The van der Waals surface area contributed by atoms with E-state index in [1.807, 2.05) is 55.5 Å². The van der Waals surface area contributed by atoms with Gasteiger partial charge in [0.1, 0.15) is 0 Å². The number of aliphatic hydroxyl groups excluding tert-OH is 1. The van der Waals surface area contributed by atoms with Gasteiger partial charge in [0.25, 0.3) is 0 Å². The molecule has 2 aromatic carbocycles. The topological polar surface area (TPSA) is 49.3 Å². The van der Waals surface area contributed by atoms with Crippen LogP contribution in [0.1, 0.15) is 31.9 Å². The van der Waals surface area contributed by atoms with E-state index in [0.29, 0.717) is 0 Å². The molecule has 1 amide bonds. The van der Waals surface area contributed by atoms with Crippen LogP contribution in [0, 0.1) is 0 Å². The lowest BCUT2D eigenvalue weighted by Crippen LogP contribution is -2.05. The van der Waals surface area contributed by atoms with Crippen molar-refractivity contribution in [3.05, 3.63) is 54.1 Å². The predicted octanol–water partition coefficient (Wildman–Crippen LogP) is 4.24. The zero-order valence-corrected chi connectivity index (χ0v) is 13.0. The van der Waals surface area contributed by atoms with Crippen molar-refractivity contribution in [1.82, 2.24) is 0 Å². The highest BCUT2D eigenvalue weighted by Gasteiger charge is 2.05. The summed E-state index contributed by atoms with van der Waals surface area (Å²) in [6.07, 6.45) is 0.331. The Bertz CT molecular complexity index is 593. The third-order valence-electron chi connectivity index (χ3n) is 3.06. The van der Waals surface area contributed by atoms with Crippen molar-refractivity contribution >= 4 is 23.4 Å². The molecule has 0 spiro atoms. The number of aliphatic hydroxyl groups is 1. The van der Waals surface area contributed by atoms with Crippen molar-refractivity contribution in [2.75, 3.05) is 5.32 Å². The molecule has 3 nitrogen and oxygen atoms in total. The van der Waals surface area contributed by atoms with Crippen LogP contribution in [0.25, 0.3) is 0 Å². The van der Waals surface area contributed by atoms with E-state index in [1.54, 1.807) is 11.8 Å². The van der Waals surface area contributed by atoms with Crippen LogP contribution in [0.4, 0.5) is 5.69 Å². The quantitative estimate of drug-likeness (QED) is 0.868. The number of hydrogen-bond acceptors (Lipinski definition) is 3. The molecule has 0 unspecified atom stereocenters. The average Bonchev–Trinajstić information content (AvgIpc) is 2.49. The standard InChI is InChI=1S/C17H19NO2S/c1-3-17(20)13-4-8-15(9-5-13)21-16-10-6-14(7-11-16)18-12(2)19/h4-11,17,20H,3H2,1-2H3,(H,18,19)/t17-/m0/s1. The van der Waals surface area contributed by atoms with E-state index in [9.17, 15) is 9.90 Å². The number of benzene rings is 2. The van der Waals surface area contributed by atoms with Gasteiger partial charge in [-0.05, 0) is 48.4 Å². The number of carbonyl (C=O) groups excluding carboxylic acids is 1. The van der Waals surface area contributed by atoms with Gasteiger partial charge in [-0.2, -0.15) is 0 Å². The van der Waals surface area contributed by atoms with Gasteiger partial charge in [-0.15, -0.1) is 0 Å². The van der Waals surface area contributed by atoms with Gasteiger partial charge in [0.2, 0.25) is 5.91 Å². The van der Waals surface area contributed by atoms with Crippen LogP contribution in [-0.4, -0.2) is 11.0 Å². The van der Waals surface area contributed by atoms with Crippen LogP contribution < -0.4 is 5.32 Å². The van der Waals surface area contributed by atoms with Gasteiger partial charge >= 0.3 is 0 Å². The number of hydrogen-bond donors (Lipinski definition) is 2. The molecule has 0 aromatic heterocycles. The molecule has 21 heavy (non-hydrogen) atoms. The SMILES string of the molecule is CC[C@H](O)c1ccc(Sc2ccc(NC(C)=O)cc2)cc1. The third kappa shape index (κ3) is 4.62. The Morgan fingerprint density at radius 2 is 1.62 bits per heavy atom. The first-order valence-corrected chi connectivity index (χ1v) is 7.73. The largest absolute Gasteiger partial charge is 0.388 e. The molecule has 0 aliphatic carbocycles. The summed E-state index contributed by atoms with van der Waals surface area (Å²) in [5.74, 6) is -0.0690. The third-order valence-corrected chi connectivity index (χ3v) is 4.08. The maximum atomic E-state index is 11.0. The molecule has 0 bridgehead atoms. The van der Waals surface area contributed by atoms with E-state index < -0.39 is 0 Å². The molecule has 2 rings (SSSR count). The van der Waals surface area contributed by atoms with Crippen molar-refractivity contribution in [1.29, 1.82) is 0 Å². The first kappa shape index (κ1) is 15.6. The Kier molecular flexibility index (Phi) is 5.42. The maximum absolute atomic E-state index is 11.0. The molecular weight excluding hydrogens is 282 g/mol. The highest BCUT2D eigenvalue weighted by atomic mass is 32.2. The Labute approximate surface area is 129 Å². The smallest absolute Gasteiger partial charge is 0.221 e. The molecule has 2 N–H and O–H groups in total. The van der Waals surface area contributed by atoms with Crippen LogP contribution in [0.3, 0.4) is 0 Å². The normalized spacial score (nSPS) is 12.0. The van der Waals surface area contributed by atoms with Crippen molar-refractivity contribution in [2.45, 2.75) is 36.2 Å². The lowest BCUT2D eigenvalue weighted by atomic mass is 10.1. The Hall–Kier alpha value is -1.78. The second-order valence-corrected chi connectivity index (χ2v) is 5.95. The van der Waals surface area contributed by atoms with Crippen molar-refractivity contribution in [3.63, 3.8) is 0 Å². The highest BCUT2D eigenvalue weighted by Crippen LogP contribution is 2.29. The van der Waals surface area contributed by atoms with Crippen LogP contribution in [-0.2, 0) is 4.79 Å². The van der Waals surface area contributed by atoms with E-state index in [0.717, 1.165) is 27.5 Å². The summed E-state index contributed by atoms with van der Waals surface area (Å²) < 4.78 is 0. The second-order valence-electron chi connectivity index (χ2n) is 4.80. The first-order chi connectivity index (χ1) is 10.1. The van der Waals surface area contributed by atoms with Gasteiger partial charge in [-0.1, -0.05) is 30.8 Å². The lowest BCUT2D eigenvalue weighted by Gasteiger charge is -2.09. The molecule has 0 saturated heterocycles. The molecule has 0 heterocycles. The molecule has 1 atom stereocenters.